The molecule has 0 fully saturated rings. The first-order valence-corrected chi connectivity index (χ1v) is 6.05. The smallest absolute Gasteiger partial charge is 0.242 e. The van der Waals surface area contributed by atoms with Gasteiger partial charge in [-0.2, -0.15) is 4.98 Å². The predicted octanol–water partition coefficient (Wildman–Crippen LogP) is 2.36. The molecule has 0 spiro atoms. The molecule has 0 atom stereocenters. The molecule has 3 N–H and O–H groups in total. The van der Waals surface area contributed by atoms with Gasteiger partial charge in [0.25, 0.3) is 0 Å². The Bertz CT molecular complexity index is 754. The van der Waals surface area contributed by atoms with Gasteiger partial charge in [-0.05, 0) is 24.3 Å². The van der Waals surface area contributed by atoms with Crippen molar-refractivity contribution in [2.45, 2.75) is 0 Å². The number of aromatic nitrogens is 3. The summed E-state index contributed by atoms with van der Waals surface area (Å²) in [5, 5.41) is 4.19. The SMILES string of the molecule is COc1ncnc(Nc2cccc3ncccc23)c1N. The van der Waals surface area contributed by atoms with Crippen molar-refractivity contribution in [1.82, 2.24) is 15.0 Å². The maximum Gasteiger partial charge on any atom is 0.242 e. The van der Waals surface area contributed by atoms with Crippen LogP contribution < -0.4 is 15.8 Å². The molecular weight excluding hydrogens is 254 g/mol. The van der Waals surface area contributed by atoms with Crippen molar-refractivity contribution in [3.63, 3.8) is 0 Å². The summed E-state index contributed by atoms with van der Waals surface area (Å²) in [5.74, 6) is 0.856. The molecule has 0 saturated carbocycles. The van der Waals surface area contributed by atoms with Crippen molar-refractivity contribution in [3.05, 3.63) is 42.9 Å². The van der Waals surface area contributed by atoms with E-state index in [1.54, 1.807) is 6.20 Å². The molecule has 2 aromatic heterocycles. The molecular formula is C14H13N5O. The van der Waals surface area contributed by atoms with Crippen molar-refractivity contribution in [1.29, 1.82) is 0 Å². The summed E-state index contributed by atoms with van der Waals surface area (Å²) in [6, 6.07) is 9.69. The van der Waals surface area contributed by atoms with Crippen LogP contribution in [-0.4, -0.2) is 22.1 Å². The highest BCUT2D eigenvalue weighted by Crippen LogP contribution is 2.30. The highest BCUT2D eigenvalue weighted by atomic mass is 16.5. The van der Waals surface area contributed by atoms with E-state index in [1.165, 1.54) is 13.4 Å². The molecule has 1 aromatic carbocycles. The number of ether oxygens (including phenoxy) is 1. The van der Waals surface area contributed by atoms with Crippen molar-refractivity contribution in [2.75, 3.05) is 18.2 Å². The lowest BCUT2D eigenvalue weighted by Crippen LogP contribution is -2.03. The van der Waals surface area contributed by atoms with Crippen LogP contribution in [0.15, 0.2) is 42.9 Å². The fourth-order valence-corrected chi connectivity index (χ4v) is 1.98. The molecule has 20 heavy (non-hydrogen) atoms. The minimum absolute atomic E-state index is 0.348. The molecule has 6 nitrogen and oxygen atoms in total. The van der Waals surface area contributed by atoms with Crippen LogP contribution in [0.3, 0.4) is 0 Å². The highest BCUT2D eigenvalue weighted by molar-refractivity contribution is 5.93. The van der Waals surface area contributed by atoms with Crippen LogP contribution in [0.1, 0.15) is 0 Å². The number of nitrogens with zero attached hydrogens (tertiary/aromatic N) is 3. The quantitative estimate of drug-likeness (QED) is 0.757. The summed E-state index contributed by atoms with van der Waals surface area (Å²) in [7, 11) is 1.52. The average molecular weight is 267 g/mol. The highest BCUT2D eigenvalue weighted by Gasteiger charge is 2.09. The Balaban J connectivity index is 2.06. The number of hydrogen-bond donors (Lipinski definition) is 2. The number of nitrogens with one attached hydrogen (secondary N) is 1. The first kappa shape index (κ1) is 12.2. The summed E-state index contributed by atoms with van der Waals surface area (Å²) in [6.07, 6.45) is 3.16. The van der Waals surface area contributed by atoms with E-state index in [0.29, 0.717) is 17.4 Å². The van der Waals surface area contributed by atoms with Crippen molar-refractivity contribution >= 4 is 28.1 Å². The molecule has 100 valence electrons. The number of methoxy groups -OCH3 is 1. The number of rotatable bonds is 3. The first-order chi connectivity index (χ1) is 9.79. The standard InChI is InChI=1S/C14H13N5O/c1-20-14-12(15)13(17-8-18-14)19-11-6-2-5-10-9(11)4-3-7-16-10/h2-8H,15H2,1H3,(H,17,18,19). The maximum atomic E-state index is 5.96. The molecule has 0 saturated heterocycles. The summed E-state index contributed by atoms with van der Waals surface area (Å²) in [4.78, 5) is 12.4. The van der Waals surface area contributed by atoms with E-state index < -0.39 is 0 Å². The molecule has 2 heterocycles. The topological polar surface area (TPSA) is 86.0 Å². The molecule has 3 aromatic rings. The molecule has 0 radical (unpaired) electrons. The average Bonchev–Trinajstić information content (AvgIpc) is 2.50. The lowest BCUT2D eigenvalue weighted by atomic mass is 10.2. The van der Waals surface area contributed by atoms with Crippen molar-refractivity contribution in [3.8, 4) is 5.88 Å². The van der Waals surface area contributed by atoms with Crippen molar-refractivity contribution < 1.29 is 4.74 Å². The lowest BCUT2D eigenvalue weighted by Gasteiger charge is -2.11. The second kappa shape index (κ2) is 5.00. The molecule has 6 heteroatoms. The normalized spacial score (nSPS) is 10.4. The Morgan fingerprint density at radius 1 is 1.10 bits per heavy atom. The van der Waals surface area contributed by atoms with E-state index in [2.05, 4.69) is 20.3 Å². The van der Waals surface area contributed by atoms with Crippen molar-refractivity contribution in [2.24, 2.45) is 0 Å². The van der Waals surface area contributed by atoms with Crippen LogP contribution in [-0.2, 0) is 0 Å². The molecule has 0 aliphatic heterocycles. The number of benzene rings is 1. The van der Waals surface area contributed by atoms with E-state index in [0.717, 1.165) is 16.6 Å². The number of pyridine rings is 1. The molecule has 0 unspecified atom stereocenters. The molecule has 0 aliphatic carbocycles. The molecule has 0 aliphatic rings. The number of nitrogens with two attached hydrogens (primary N) is 1. The number of anilines is 3. The van der Waals surface area contributed by atoms with E-state index in [9.17, 15) is 0 Å². The number of hydrogen-bond acceptors (Lipinski definition) is 6. The van der Waals surface area contributed by atoms with Crippen LogP contribution >= 0.6 is 0 Å². The fourth-order valence-electron chi connectivity index (χ4n) is 1.98. The zero-order chi connectivity index (χ0) is 13.9. The second-order valence-corrected chi connectivity index (χ2v) is 4.15. The molecule has 0 amide bonds. The lowest BCUT2D eigenvalue weighted by molar-refractivity contribution is 0.399. The van der Waals surface area contributed by atoms with Gasteiger partial charge in [0.15, 0.2) is 5.82 Å². The third-order valence-corrected chi connectivity index (χ3v) is 2.94. The Hall–Kier alpha value is -2.89. The number of fused-ring (bicyclic) bond motifs is 1. The third-order valence-electron chi connectivity index (χ3n) is 2.94. The summed E-state index contributed by atoms with van der Waals surface area (Å²) < 4.78 is 5.08. The van der Waals surface area contributed by atoms with Gasteiger partial charge in [0, 0.05) is 17.3 Å². The van der Waals surface area contributed by atoms with Gasteiger partial charge in [0.05, 0.1) is 12.6 Å². The van der Waals surface area contributed by atoms with Crippen LogP contribution in [0.2, 0.25) is 0 Å². The summed E-state index contributed by atoms with van der Waals surface area (Å²) in [5.41, 5.74) is 8.11. The Morgan fingerprint density at radius 3 is 2.85 bits per heavy atom. The van der Waals surface area contributed by atoms with Crippen LogP contribution in [0.5, 0.6) is 5.88 Å². The maximum absolute atomic E-state index is 5.96. The van der Waals surface area contributed by atoms with Gasteiger partial charge in [0.1, 0.15) is 12.0 Å². The van der Waals surface area contributed by atoms with Crippen LogP contribution in [0.4, 0.5) is 17.2 Å². The Morgan fingerprint density at radius 2 is 2.00 bits per heavy atom. The monoisotopic (exact) mass is 267 g/mol. The van der Waals surface area contributed by atoms with E-state index in [1.807, 2.05) is 30.3 Å². The van der Waals surface area contributed by atoms with Gasteiger partial charge >= 0.3 is 0 Å². The van der Waals surface area contributed by atoms with E-state index in [-0.39, 0.29) is 0 Å². The van der Waals surface area contributed by atoms with Gasteiger partial charge < -0.3 is 15.8 Å². The van der Waals surface area contributed by atoms with Crippen LogP contribution in [0.25, 0.3) is 10.9 Å². The van der Waals surface area contributed by atoms with Crippen LogP contribution in [0, 0.1) is 0 Å². The third kappa shape index (κ3) is 2.07. The Labute approximate surface area is 115 Å². The molecule has 0 bridgehead atoms. The fraction of sp³-hybridized carbons (Fsp3) is 0.0714. The van der Waals surface area contributed by atoms with Gasteiger partial charge in [0.2, 0.25) is 5.88 Å². The van der Waals surface area contributed by atoms with E-state index in [4.69, 9.17) is 10.5 Å². The zero-order valence-corrected chi connectivity index (χ0v) is 10.9. The minimum atomic E-state index is 0.348. The molecule has 3 rings (SSSR count). The predicted molar refractivity (Wildman–Crippen MR) is 78.0 cm³/mol. The number of nitrogen functional groups attached to an aromatic ring is 1. The second-order valence-electron chi connectivity index (χ2n) is 4.15. The summed E-state index contributed by atoms with van der Waals surface area (Å²) in [6.45, 7) is 0. The van der Waals surface area contributed by atoms with Gasteiger partial charge in [-0.15, -0.1) is 0 Å². The minimum Gasteiger partial charge on any atom is -0.479 e. The van der Waals surface area contributed by atoms with Gasteiger partial charge in [-0.1, -0.05) is 6.07 Å². The first-order valence-electron chi connectivity index (χ1n) is 6.05. The Kier molecular flexibility index (Phi) is 3.04. The summed E-state index contributed by atoms with van der Waals surface area (Å²) >= 11 is 0. The zero-order valence-electron chi connectivity index (χ0n) is 10.9. The van der Waals surface area contributed by atoms with E-state index >= 15 is 0 Å². The van der Waals surface area contributed by atoms with Gasteiger partial charge in [-0.3, -0.25) is 4.98 Å². The van der Waals surface area contributed by atoms with Gasteiger partial charge in [-0.25, -0.2) is 4.98 Å². The largest absolute Gasteiger partial charge is 0.479 e.